The number of esters is 1. The molecule has 0 bridgehead atoms. The lowest BCUT2D eigenvalue weighted by molar-refractivity contribution is -0.124. The lowest BCUT2D eigenvalue weighted by atomic mass is 10.1. The van der Waals surface area contributed by atoms with Crippen LogP contribution >= 0.6 is 11.6 Å². The van der Waals surface area contributed by atoms with Gasteiger partial charge in [0.05, 0.1) is 24.8 Å². The van der Waals surface area contributed by atoms with E-state index in [1.807, 2.05) is 32.9 Å². The van der Waals surface area contributed by atoms with Crippen molar-refractivity contribution in [1.29, 1.82) is 0 Å². The van der Waals surface area contributed by atoms with Crippen LogP contribution in [0.4, 0.5) is 0 Å². The zero-order valence-corrected chi connectivity index (χ0v) is 17.6. The van der Waals surface area contributed by atoms with Crippen molar-refractivity contribution in [2.24, 2.45) is 0 Å². The van der Waals surface area contributed by atoms with Gasteiger partial charge in [0, 0.05) is 5.02 Å². The van der Waals surface area contributed by atoms with Gasteiger partial charge >= 0.3 is 5.97 Å². The van der Waals surface area contributed by atoms with E-state index in [4.69, 9.17) is 25.8 Å². The average Bonchev–Trinajstić information content (AvgIpc) is 2.71. The Balaban J connectivity index is 1.93. The highest BCUT2D eigenvalue weighted by Crippen LogP contribution is 2.29. The summed E-state index contributed by atoms with van der Waals surface area (Å²) in [5.41, 5.74) is 1.15. The van der Waals surface area contributed by atoms with Crippen molar-refractivity contribution in [2.45, 2.75) is 33.2 Å². The van der Waals surface area contributed by atoms with E-state index in [-0.39, 0.29) is 18.2 Å². The smallest absolute Gasteiger partial charge is 0.338 e. The molecule has 7 heteroatoms. The summed E-state index contributed by atoms with van der Waals surface area (Å²) in [4.78, 5) is 24.4. The first kappa shape index (κ1) is 22.6. The fourth-order valence-corrected chi connectivity index (χ4v) is 2.79. The third kappa shape index (κ3) is 6.98. The zero-order chi connectivity index (χ0) is 21.2. The third-order valence-corrected chi connectivity index (χ3v) is 4.24. The van der Waals surface area contributed by atoms with Gasteiger partial charge in [-0.1, -0.05) is 30.7 Å². The Kier molecular flexibility index (Phi) is 8.80. The number of hydrogen-bond donors (Lipinski definition) is 1. The van der Waals surface area contributed by atoms with Gasteiger partial charge in [-0.15, -0.1) is 0 Å². The van der Waals surface area contributed by atoms with E-state index in [0.29, 0.717) is 29.7 Å². The number of rotatable bonds is 10. The summed E-state index contributed by atoms with van der Waals surface area (Å²) < 4.78 is 16.3. The van der Waals surface area contributed by atoms with E-state index >= 15 is 0 Å². The highest BCUT2D eigenvalue weighted by Gasteiger charge is 2.16. The van der Waals surface area contributed by atoms with Gasteiger partial charge in [0.1, 0.15) is 0 Å². The van der Waals surface area contributed by atoms with E-state index in [1.165, 1.54) is 0 Å². The fourth-order valence-electron chi connectivity index (χ4n) is 2.59. The maximum absolute atomic E-state index is 12.3. The topological polar surface area (TPSA) is 73.9 Å². The minimum atomic E-state index is -0.612. The molecule has 0 fully saturated rings. The number of amides is 1. The summed E-state index contributed by atoms with van der Waals surface area (Å²) >= 11 is 5.97. The molecule has 0 aromatic heterocycles. The second-order valence-electron chi connectivity index (χ2n) is 6.36. The molecular formula is C22H26ClNO5. The monoisotopic (exact) mass is 419 g/mol. The Bertz CT molecular complexity index is 840. The molecule has 0 saturated heterocycles. The van der Waals surface area contributed by atoms with Crippen LogP contribution in [0.15, 0.2) is 42.5 Å². The summed E-state index contributed by atoms with van der Waals surface area (Å²) in [5.74, 6) is 0.0186. The van der Waals surface area contributed by atoms with Crippen molar-refractivity contribution in [3.8, 4) is 11.5 Å². The Hall–Kier alpha value is -2.73. The number of carbonyl (C=O) groups excluding carboxylic acids is 2. The molecule has 0 aliphatic heterocycles. The average molecular weight is 420 g/mol. The van der Waals surface area contributed by atoms with Crippen LogP contribution in [-0.2, 0) is 9.53 Å². The van der Waals surface area contributed by atoms with Crippen molar-refractivity contribution in [1.82, 2.24) is 5.32 Å². The molecule has 29 heavy (non-hydrogen) atoms. The van der Waals surface area contributed by atoms with Gasteiger partial charge in [0.25, 0.3) is 5.91 Å². The summed E-state index contributed by atoms with van der Waals surface area (Å²) in [6.45, 7) is 6.28. The molecule has 6 nitrogen and oxygen atoms in total. The highest BCUT2D eigenvalue weighted by molar-refractivity contribution is 6.30. The second kappa shape index (κ2) is 11.3. The first-order chi connectivity index (χ1) is 13.9. The maximum Gasteiger partial charge on any atom is 0.338 e. The minimum Gasteiger partial charge on any atom is -0.490 e. The normalized spacial score (nSPS) is 11.4. The largest absolute Gasteiger partial charge is 0.490 e. The Morgan fingerprint density at radius 2 is 1.86 bits per heavy atom. The number of carbonyl (C=O) groups is 2. The van der Waals surface area contributed by atoms with E-state index in [2.05, 4.69) is 5.32 Å². The van der Waals surface area contributed by atoms with Gasteiger partial charge in [-0.25, -0.2) is 4.79 Å². The van der Waals surface area contributed by atoms with Crippen molar-refractivity contribution in [3.05, 3.63) is 58.6 Å². The second-order valence-corrected chi connectivity index (χ2v) is 6.80. The number of halogens is 1. The molecule has 2 aromatic carbocycles. The molecule has 0 aliphatic rings. The van der Waals surface area contributed by atoms with Crippen LogP contribution in [0.2, 0.25) is 5.02 Å². The summed E-state index contributed by atoms with van der Waals surface area (Å²) in [7, 11) is 0. The Morgan fingerprint density at radius 3 is 2.55 bits per heavy atom. The molecule has 156 valence electrons. The Labute approximate surface area is 176 Å². The molecule has 0 radical (unpaired) electrons. The van der Waals surface area contributed by atoms with E-state index in [9.17, 15) is 9.59 Å². The molecule has 0 aliphatic carbocycles. The molecular weight excluding hydrogens is 394 g/mol. The van der Waals surface area contributed by atoms with E-state index in [0.717, 1.165) is 12.0 Å². The summed E-state index contributed by atoms with van der Waals surface area (Å²) in [5, 5.41) is 3.36. The van der Waals surface area contributed by atoms with Gasteiger partial charge in [0.2, 0.25) is 0 Å². The summed E-state index contributed by atoms with van der Waals surface area (Å²) in [6, 6.07) is 11.8. The maximum atomic E-state index is 12.3. The predicted octanol–water partition coefficient (Wildman–Crippen LogP) is 4.56. The highest BCUT2D eigenvalue weighted by atomic mass is 35.5. The quantitative estimate of drug-likeness (QED) is 0.571. The number of hydrogen-bond acceptors (Lipinski definition) is 5. The van der Waals surface area contributed by atoms with Gasteiger partial charge < -0.3 is 19.5 Å². The number of benzene rings is 2. The van der Waals surface area contributed by atoms with Crippen LogP contribution in [0.1, 0.15) is 49.2 Å². The van der Waals surface area contributed by atoms with Crippen LogP contribution in [-0.4, -0.2) is 31.7 Å². The van der Waals surface area contributed by atoms with Gasteiger partial charge in [-0.2, -0.15) is 0 Å². The minimum absolute atomic E-state index is 0.264. The van der Waals surface area contributed by atoms with Crippen LogP contribution in [0.3, 0.4) is 0 Å². The standard InChI is InChI=1S/C22H26ClNO5/c1-4-11-28-19-10-9-17(13-20(19)27-5-2)22(26)29-14-21(25)24-15(3)16-7-6-8-18(23)12-16/h6-10,12-13,15H,4-5,11,14H2,1-3H3,(H,24,25)/t15-/m0/s1. The van der Waals surface area contributed by atoms with Crippen LogP contribution < -0.4 is 14.8 Å². The van der Waals surface area contributed by atoms with Crippen molar-refractivity contribution in [2.75, 3.05) is 19.8 Å². The fraction of sp³-hybridized carbons (Fsp3) is 0.364. The van der Waals surface area contributed by atoms with Crippen molar-refractivity contribution < 1.29 is 23.8 Å². The zero-order valence-electron chi connectivity index (χ0n) is 16.9. The third-order valence-electron chi connectivity index (χ3n) is 4.00. The summed E-state index contributed by atoms with van der Waals surface area (Å²) in [6.07, 6.45) is 0.859. The van der Waals surface area contributed by atoms with Crippen molar-refractivity contribution >= 4 is 23.5 Å². The van der Waals surface area contributed by atoms with E-state index < -0.39 is 11.9 Å². The van der Waals surface area contributed by atoms with Gasteiger partial charge in [-0.3, -0.25) is 4.79 Å². The predicted molar refractivity (Wildman–Crippen MR) is 112 cm³/mol. The lowest BCUT2D eigenvalue weighted by Crippen LogP contribution is -2.31. The SMILES string of the molecule is CCCOc1ccc(C(=O)OCC(=O)N[C@@H](C)c2cccc(Cl)c2)cc1OCC. The molecule has 0 heterocycles. The first-order valence-electron chi connectivity index (χ1n) is 9.56. The molecule has 2 rings (SSSR count). The number of ether oxygens (including phenoxy) is 3. The van der Waals surface area contributed by atoms with E-state index in [1.54, 1.807) is 30.3 Å². The van der Waals surface area contributed by atoms with Crippen LogP contribution in [0.25, 0.3) is 0 Å². The Morgan fingerprint density at radius 1 is 1.07 bits per heavy atom. The molecule has 1 N–H and O–H groups in total. The van der Waals surface area contributed by atoms with Crippen LogP contribution in [0, 0.1) is 0 Å². The molecule has 1 amide bonds. The van der Waals surface area contributed by atoms with Crippen LogP contribution in [0.5, 0.6) is 11.5 Å². The van der Waals surface area contributed by atoms with Gasteiger partial charge in [-0.05, 0) is 56.2 Å². The van der Waals surface area contributed by atoms with Crippen molar-refractivity contribution in [3.63, 3.8) is 0 Å². The molecule has 0 saturated carbocycles. The first-order valence-corrected chi connectivity index (χ1v) is 9.94. The molecule has 0 unspecified atom stereocenters. The number of nitrogens with one attached hydrogen (secondary N) is 1. The lowest BCUT2D eigenvalue weighted by Gasteiger charge is -2.15. The molecule has 2 aromatic rings. The van der Waals surface area contributed by atoms with Gasteiger partial charge in [0.15, 0.2) is 18.1 Å². The molecule has 0 spiro atoms. The molecule has 1 atom stereocenters.